The maximum atomic E-state index is 11.5. The molecule has 0 aromatic heterocycles. The number of carbonyl (C=O) groups excluding carboxylic acids is 1. The van der Waals surface area contributed by atoms with E-state index in [1.807, 2.05) is 24.3 Å². The van der Waals surface area contributed by atoms with Crippen molar-refractivity contribution in [3.8, 4) is 0 Å². The van der Waals surface area contributed by atoms with Gasteiger partial charge in [-0.2, -0.15) is 0 Å². The van der Waals surface area contributed by atoms with Crippen molar-refractivity contribution in [2.75, 3.05) is 13.2 Å². The van der Waals surface area contributed by atoms with E-state index in [1.54, 1.807) is 0 Å². The van der Waals surface area contributed by atoms with Crippen LogP contribution in [0.15, 0.2) is 24.3 Å². The summed E-state index contributed by atoms with van der Waals surface area (Å²) in [7, 11) is 0. The van der Waals surface area contributed by atoms with E-state index in [-0.39, 0.29) is 17.9 Å². The van der Waals surface area contributed by atoms with Crippen LogP contribution in [0.1, 0.15) is 18.4 Å². The standard InChI is InChI=1S/C13H17ClN2O2/c14-10-3-1-9(2-4-10)13(5-6-13)8-16-12(18)11(15)7-17/h1-4,11,17H,5-8,15H2,(H,16,18)/t11-/m0/s1. The third-order valence-corrected chi connectivity index (χ3v) is 3.70. The summed E-state index contributed by atoms with van der Waals surface area (Å²) in [6, 6.07) is 6.86. The summed E-state index contributed by atoms with van der Waals surface area (Å²) in [5, 5.41) is 12.3. The molecule has 1 aliphatic rings. The lowest BCUT2D eigenvalue weighted by Gasteiger charge is -2.18. The number of hydrogen-bond donors (Lipinski definition) is 3. The summed E-state index contributed by atoms with van der Waals surface area (Å²) in [6.45, 7) is 0.223. The molecule has 4 N–H and O–H groups in total. The van der Waals surface area contributed by atoms with Crippen LogP contribution in [0.2, 0.25) is 5.02 Å². The lowest BCUT2D eigenvalue weighted by Crippen LogP contribution is -2.45. The first-order chi connectivity index (χ1) is 8.57. The number of amides is 1. The molecule has 1 aliphatic carbocycles. The zero-order chi connectivity index (χ0) is 13.2. The minimum atomic E-state index is -0.842. The van der Waals surface area contributed by atoms with Crippen LogP contribution < -0.4 is 11.1 Å². The van der Waals surface area contributed by atoms with Gasteiger partial charge in [0.15, 0.2) is 0 Å². The van der Waals surface area contributed by atoms with Crippen LogP contribution in [0.5, 0.6) is 0 Å². The summed E-state index contributed by atoms with van der Waals surface area (Å²) < 4.78 is 0. The molecule has 0 unspecified atom stereocenters. The average Bonchev–Trinajstić information content (AvgIpc) is 3.17. The van der Waals surface area contributed by atoms with Crippen molar-refractivity contribution in [1.82, 2.24) is 5.32 Å². The molecule has 1 saturated carbocycles. The van der Waals surface area contributed by atoms with E-state index in [4.69, 9.17) is 22.4 Å². The number of hydrogen-bond acceptors (Lipinski definition) is 3. The van der Waals surface area contributed by atoms with Crippen LogP contribution in [0, 0.1) is 0 Å². The highest BCUT2D eigenvalue weighted by Gasteiger charge is 2.44. The number of halogens is 1. The molecule has 2 rings (SSSR count). The van der Waals surface area contributed by atoms with Crippen LogP contribution in [0.25, 0.3) is 0 Å². The smallest absolute Gasteiger partial charge is 0.239 e. The van der Waals surface area contributed by atoms with Gasteiger partial charge in [0.05, 0.1) is 6.61 Å². The third kappa shape index (κ3) is 2.83. The van der Waals surface area contributed by atoms with Gasteiger partial charge < -0.3 is 16.2 Å². The number of carbonyl (C=O) groups is 1. The average molecular weight is 269 g/mol. The largest absolute Gasteiger partial charge is 0.394 e. The highest BCUT2D eigenvalue weighted by Crippen LogP contribution is 2.47. The molecule has 0 aliphatic heterocycles. The summed E-state index contributed by atoms with van der Waals surface area (Å²) in [6.07, 6.45) is 2.09. The second kappa shape index (κ2) is 5.26. The fraction of sp³-hybridized carbons (Fsp3) is 0.462. The molecule has 1 fully saturated rings. The fourth-order valence-electron chi connectivity index (χ4n) is 1.99. The Bertz CT molecular complexity index is 429. The number of nitrogens with one attached hydrogen (secondary N) is 1. The van der Waals surface area contributed by atoms with Gasteiger partial charge in [0.25, 0.3) is 0 Å². The number of benzene rings is 1. The zero-order valence-corrected chi connectivity index (χ0v) is 10.8. The van der Waals surface area contributed by atoms with Crippen LogP contribution in [0.4, 0.5) is 0 Å². The van der Waals surface area contributed by atoms with Crippen LogP contribution in [-0.4, -0.2) is 30.2 Å². The molecule has 0 radical (unpaired) electrons. The minimum absolute atomic E-state index is 0.0232. The summed E-state index contributed by atoms with van der Waals surface area (Å²) in [5.41, 5.74) is 6.65. The third-order valence-electron chi connectivity index (χ3n) is 3.44. The molecular formula is C13H17ClN2O2. The topological polar surface area (TPSA) is 75.3 Å². The molecule has 1 atom stereocenters. The lowest BCUT2D eigenvalue weighted by atomic mass is 9.96. The Kier molecular flexibility index (Phi) is 3.90. The predicted octanol–water partition coefficient (Wildman–Crippen LogP) is 0.807. The van der Waals surface area contributed by atoms with Crippen molar-refractivity contribution in [1.29, 1.82) is 0 Å². The molecule has 0 bridgehead atoms. The first-order valence-electron chi connectivity index (χ1n) is 5.98. The highest BCUT2D eigenvalue weighted by atomic mass is 35.5. The lowest BCUT2D eigenvalue weighted by molar-refractivity contribution is -0.123. The van der Waals surface area contributed by atoms with Crippen molar-refractivity contribution < 1.29 is 9.90 Å². The maximum absolute atomic E-state index is 11.5. The molecular weight excluding hydrogens is 252 g/mol. The molecule has 1 amide bonds. The Morgan fingerprint density at radius 3 is 2.56 bits per heavy atom. The van der Waals surface area contributed by atoms with Gasteiger partial charge in [-0.1, -0.05) is 23.7 Å². The Hall–Kier alpha value is -1.10. The second-order valence-corrected chi connectivity index (χ2v) is 5.23. The van der Waals surface area contributed by atoms with E-state index in [1.165, 1.54) is 5.56 Å². The maximum Gasteiger partial charge on any atom is 0.239 e. The summed E-state index contributed by atoms with van der Waals surface area (Å²) in [5.74, 6) is -0.308. The number of aliphatic hydroxyl groups excluding tert-OH is 1. The van der Waals surface area contributed by atoms with E-state index >= 15 is 0 Å². The van der Waals surface area contributed by atoms with E-state index in [0.717, 1.165) is 12.8 Å². The van der Waals surface area contributed by atoms with Gasteiger partial charge in [0, 0.05) is 17.0 Å². The monoisotopic (exact) mass is 268 g/mol. The predicted molar refractivity (Wildman–Crippen MR) is 70.4 cm³/mol. The van der Waals surface area contributed by atoms with E-state index in [0.29, 0.717) is 11.6 Å². The van der Waals surface area contributed by atoms with Gasteiger partial charge in [0.2, 0.25) is 5.91 Å². The molecule has 0 heterocycles. The van der Waals surface area contributed by atoms with E-state index in [9.17, 15) is 4.79 Å². The number of nitrogens with two attached hydrogens (primary N) is 1. The van der Waals surface area contributed by atoms with E-state index < -0.39 is 6.04 Å². The Balaban J connectivity index is 1.96. The number of rotatable bonds is 5. The number of aliphatic hydroxyl groups is 1. The molecule has 0 spiro atoms. The first-order valence-corrected chi connectivity index (χ1v) is 6.35. The Morgan fingerprint density at radius 2 is 2.06 bits per heavy atom. The molecule has 1 aromatic rings. The van der Waals surface area contributed by atoms with Gasteiger partial charge in [-0.05, 0) is 30.5 Å². The Labute approximate surface area is 111 Å². The SMILES string of the molecule is N[C@@H](CO)C(=O)NCC1(c2ccc(Cl)cc2)CC1. The Morgan fingerprint density at radius 1 is 1.44 bits per heavy atom. The van der Waals surface area contributed by atoms with Crippen molar-refractivity contribution in [2.45, 2.75) is 24.3 Å². The van der Waals surface area contributed by atoms with Crippen molar-refractivity contribution in [3.05, 3.63) is 34.9 Å². The summed E-state index contributed by atoms with van der Waals surface area (Å²) >= 11 is 5.86. The van der Waals surface area contributed by atoms with Crippen molar-refractivity contribution in [2.24, 2.45) is 5.73 Å². The molecule has 4 nitrogen and oxygen atoms in total. The van der Waals surface area contributed by atoms with Gasteiger partial charge >= 0.3 is 0 Å². The molecule has 98 valence electrons. The zero-order valence-electron chi connectivity index (χ0n) is 10.0. The minimum Gasteiger partial charge on any atom is -0.394 e. The van der Waals surface area contributed by atoms with Gasteiger partial charge in [-0.3, -0.25) is 4.79 Å². The first kappa shape index (κ1) is 13.3. The second-order valence-electron chi connectivity index (χ2n) is 4.79. The quantitative estimate of drug-likeness (QED) is 0.740. The van der Waals surface area contributed by atoms with Crippen LogP contribution >= 0.6 is 11.6 Å². The van der Waals surface area contributed by atoms with Crippen LogP contribution in [-0.2, 0) is 10.2 Å². The van der Waals surface area contributed by atoms with Gasteiger partial charge in [-0.15, -0.1) is 0 Å². The summed E-state index contributed by atoms with van der Waals surface area (Å²) in [4.78, 5) is 11.5. The van der Waals surface area contributed by atoms with Gasteiger partial charge in [0.1, 0.15) is 6.04 Å². The fourth-order valence-corrected chi connectivity index (χ4v) is 2.12. The van der Waals surface area contributed by atoms with Gasteiger partial charge in [-0.25, -0.2) is 0 Å². The van der Waals surface area contributed by atoms with Crippen molar-refractivity contribution in [3.63, 3.8) is 0 Å². The van der Waals surface area contributed by atoms with Crippen molar-refractivity contribution >= 4 is 17.5 Å². The highest BCUT2D eigenvalue weighted by molar-refractivity contribution is 6.30. The van der Waals surface area contributed by atoms with Crippen LogP contribution in [0.3, 0.4) is 0 Å². The van der Waals surface area contributed by atoms with E-state index in [2.05, 4.69) is 5.32 Å². The molecule has 5 heteroatoms. The molecule has 18 heavy (non-hydrogen) atoms. The molecule has 0 saturated heterocycles. The molecule has 1 aromatic carbocycles. The normalized spacial score (nSPS) is 18.2.